The third-order valence-electron chi connectivity index (χ3n) is 8.83. The Balaban J connectivity index is 1.40. The van der Waals surface area contributed by atoms with Gasteiger partial charge in [0.2, 0.25) is 0 Å². The summed E-state index contributed by atoms with van der Waals surface area (Å²) in [5.74, 6) is -2.08. The molecule has 224 valence electrons. The van der Waals surface area contributed by atoms with Gasteiger partial charge in [0.1, 0.15) is 5.58 Å². The first-order valence-corrected chi connectivity index (χ1v) is 15.5. The molecule has 5 rings (SSSR count). The second-order valence-electron chi connectivity index (χ2n) is 12.4. The van der Waals surface area contributed by atoms with Crippen molar-refractivity contribution in [3.63, 3.8) is 0 Å². The van der Waals surface area contributed by atoms with Crippen molar-refractivity contribution < 1.29 is 19.1 Å². The first-order valence-electron chi connectivity index (χ1n) is 15.5. The second kappa shape index (κ2) is 13.0. The van der Waals surface area contributed by atoms with Crippen molar-refractivity contribution in [1.29, 1.82) is 0 Å². The van der Waals surface area contributed by atoms with Gasteiger partial charge < -0.3 is 14.4 Å². The van der Waals surface area contributed by atoms with Crippen molar-refractivity contribution in [2.75, 3.05) is 18.0 Å². The van der Waals surface area contributed by atoms with Gasteiger partial charge in [0, 0.05) is 35.8 Å². The van der Waals surface area contributed by atoms with Gasteiger partial charge in [-0.1, -0.05) is 101 Å². The van der Waals surface area contributed by atoms with Gasteiger partial charge in [0.05, 0.1) is 17.1 Å². The average molecular weight is 580 g/mol. The lowest BCUT2D eigenvalue weighted by Crippen LogP contribution is -2.37. The zero-order chi connectivity index (χ0) is 30.6. The highest BCUT2D eigenvalue weighted by molar-refractivity contribution is 6.17. The molecule has 1 atom stereocenters. The van der Waals surface area contributed by atoms with Gasteiger partial charge in [0.25, 0.3) is 0 Å². The maximum atomic E-state index is 13.2. The molecule has 6 heteroatoms. The second-order valence-corrected chi connectivity index (χ2v) is 12.4. The van der Waals surface area contributed by atoms with E-state index in [1.165, 1.54) is 49.8 Å². The molecule has 2 heterocycles. The van der Waals surface area contributed by atoms with Gasteiger partial charge in [-0.05, 0) is 47.6 Å². The first-order chi connectivity index (χ1) is 20.7. The predicted molar refractivity (Wildman–Crippen MR) is 173 cm³/mol. The summed E-state index contributed by atoms with van der Waals surface area (Å²) in [7, 11) is 0. The van der Waals surface area contributed by atoms with Gasteiger partial charge in [-0.15, -0.1) is 0 Å². The summed E-state index contributed by atoms with van der Waals surface area (Å²) in [5, 5.41) is 10.6. The average Bonchev–Trinajstić information content (AvgIpc) is 3.32. The lowest BCUT2D eigenvalue weighted by molar-refractivity contribution is -0.132. The molecule has 2 aromatic carbocycles. The van der Waals surface area contributed by atoms with Crippen LogP contribution >= 0.6 is 0 Å². The van der Waals surface area contributed by atoms with E-state index in [0.29, 0.717) is 11.1 Å². The quantitative estimate of drug-likeness (QED) is 0.141. The molecule has 1 aliphatic heterocycles. The fourth-order valence-corrected chi connectivity index (χ4v) is 6.22. The van der Waals surface area contributed by atoms with E-state index in [9.17, 15) is 19.5 Å². The van der Waals surface area contributed by atoms with Gasteiger partial charge in [-0.25, -0.2) is 9.59 Å². The molecule has 0 saturated heterocycles. The number of Topliss-reactive ketones (excluding diaryl/α,β-unsaturated/α-hetero) is 1. The van der Waals surface area contributed by atoms with Crippen LogP contribution in [0.4, 0.5) is 5.69 Å². The van der Waals surface area contributed by atoms with Crippen LogP contribution in [0.1, 0.15) is 88.3 Å². The summed E-state index contributed by atoms with van der Waals surface area (Å²) in [6.07, 6.45) is 14.7. The standard InChI is InChI=1S/C37H41NO5/c1-4-5-6-7-8-12-19-38-20-18-37(2,3)31-22-27-21-26(36(42)43-33(27)24-32(31)38)16-13-17-28-30(35(40)41)23-29(34(28)39)25-14-10-9-11-15-25/h9-11,13-17,21-24,29H,4-8,12,18-20H2,1-3H3,(H,40,41). The Bertz CT molecular complexity index is 1660. The summed E-state index contributed by atoms with van der Waals surface area (Å²) in [5.41, 5.74) is 3.63. The normalized spacial score (nSPS) is 18.9. The molecule has 0 spiro atoms. The van der Waals surface area contributed by atoms with Crippen molar-refractivity contribution in [2.24, 2.45) is 0 Å². The number of anilines is 1. The molecular weight excluding hydrogens is 538 g/mol. The number of nitrogens with zero attached hydrogens (tertiary/aromatic N) is 1. The molecular formula is C37H41NO5. The highest BCUT2D eigenvalue weighted by atomic mass is 16.4. The van der Waals surface area contributed by atoms with Crippen molar-refractivity contribution in [2.45, 2.75) is 77.0 Å². The Morgan fingerprint density at radius 2 is 1.79 bits per heavy atom. The topological polar surface area (TPSA) is 87.8 Å². The molecule has 43 heavy (non-hydrogen) atoms. The van der Waals surface area contributed by atoms with Gasteiger partial charge >= 0.3 is 11.6 Å². The Hall–Kier alpha value is -4.19. The number of carboxylic acid groups (broad SMARTS) is 1. The summed E-state index contributed by atoms with van der Waals surface area (Å²) >= 11 is 0. The minimum atomic E-state index is -1.16. The molecule has 1 unspecified atom stereocenters. The van der Waals surface area contributed by atoms with E-state index in [1.54, 1.807) is 12.2 Å². The summed E-state index contributed by atoms with van der Waals surface area (Å²) in [6, 6.07) is 15.1. The third kappa shape index (κ3) is 6.58. The number of allylic oxidation sites excluding steroid dienone is 3. The van der Waals surface area contributed by atoms with Crippen molar-refractivity contribution in [1.82, 2.24) is 0 Å². The molecule has 1 N–H and O–H groups in total. The number of rotatable bonds is 11. The number of aliphatic carboxylic acids is 1. The summed E-state index contributed by atoms with van der Waals surface area (Å²) in [4.78, 5) is 40.5. The number of fused-ring (bicyclic) bond motifs is 2. The van der Waals surface area contributed by atoms with E-state index in [-0.39, 0.29) is 22.3 Å². The molecule has 3 aromatic rings. The molecule has 6 nitrogen and oxygen atoms in total. The third-order valence-corrected chi connectivity index (χ3v) is 8.83. The largest absolute Gasteiger partial charge is 0.478 e. The van der Waals surface area contributed by atoms with E-state index in [1.807, 2.05) is 42.5 Å². The molecule has 0 amide bonds. The van der Waals surface area contributed by atoms with Crippen LogP contribution in [0.15, 0.2) is 87.1 Å². The Morgan fingerprint density at radius 1 is 1.05 bits per heavy atom. The molecule has 0 fully saturated rings. The van der Waals surface area contributed by atoms with E-state index in [0.717, 1.165) is 42.6 Å². The van der Waals surface area contributed by atoms with Crippen LogP contribution in [0, 0.1) is 0 Å². The molecule has 1 aromatic heterocycles. The Morgan fingerprint density at radius 3 is 2.53 bits per heavy atom. The fraction of sp³-hybridized carbons (Fsp3) is 0.378. The zero-order valence-corrected chi connectivity index (χ0v) is 25.4. The molecule has 2 aliphatic rings. The highest BCUT2D eigenvalue weighted by Gasteiger charge is 2.34. The number of benzene rings is 2. The van der Waals surface area contributed by atoms with Crippen LogP contribution in [-0.2, 0) is 15.0 Å². The van der Waals surface area contributed by atoms with Gasteiger partial charge in [0.15, 0.2) is 5.78 Å². The molecule has 0 radical (unpaired) electrons. The maximum absolute atomic E-state index is 13.2. The number of hydrogen-bond donors (Lipinski definition) is 1. The van der Waals surface area contributed by atoms with Crippen molar-refractivity contribution in [3.8, 4) is 0 Å². The van der Waals surface area contributed by atoms with E-state index in [2.05, 4.69) is 31.7 Å². The fourth-order valence-electron chi connectivity index (χ4n) is 6.22. The molecule has 1 aliphatic carbocycles. The van der Waals surface area contributed by atoms with E-state index < -0.39 is 17.5 Å². The first kappa shape index (κ1) is 30.3. The number of carbonyl (C=O) groups is 2. The van der Waals surface area contributed by atoms with Crippen LogP contribution < -0.4 is 10.5 Å². The van der Waals surface area contributed by atoms with Crippen LogP contribution in [0.3, 0.4) is 0 Å². The Kier molecular flexibility index (Phi) is 9.14. The monoisotopic (exact) mass is 579 g/mol. The van der Waals surface area contributed by atoms with E-state index in [4.69, 9.17) is 4.42 Å². The predicted octanol–water partition coefficient (Wildman–Crippen LogP) is 7.96. The summed E-state index contributed by atoms with van der Waals surface area (Å²) < 4.78 is 5.80. The minimum Gasteiger partial charge on any atom is -0.478 e. The Labute approximate surface area is 253 Å². The number of hydrogen-bond acceptors (Lipinski definition) is 5. The van der Waals surface area contributed by atoms with Gasteiger partial charge in [-0.2, -0.15) is 0 Å². The van der Waals surface area contributed by atoms with Crippen LogP contribution in [0.25, 0.3) is 17.0 Å². The van der Waals surface area contributed by atoms with Crippen LogP contribution in [-0.4, -0.2) is 29.9 Å². The number of carboxylic acids is 1. The van der Waals surface area contributed by atoms with E-state index >= 15 is 0 Å². The van der Waals surface area contributed by atoms with Crippen molar-refractivity contribution >= 4 is 34.5 Å². The van der Waals surface area contributed by atoms with Crippen LogP contribution in [0.5, 0.6) is 0 Å². The lowest BCUT2D eigenvalue weighted by atomic mass is 9.77. The smallest absolute Gasteiger partial charge is 0.343 e. The SMILES string of the molecule is CCCCCCCCN1CCC(C)(C)c2cc3cc(C=CC=C4C(=O)C(c5ccccc5)C=C4C(=O)O)c(=O)oc3cc21. The number of unbranched alkanes of at least 4 members (excludes halogenated alkanes) is 5. The van der Waals surface area contributed by atoms with Crippen molar-refractivity contribution in [3.05, 3.63) is 105 Å². The maximum Gasteiger partial charge on any atom is 0.343 e. The number of carbonyl (C=O) groups excluding carboxylic acids is 1. The van der Waals surface area contributed by atoms with Crippen LogP contribution in [0.2, 0.25) is 0 Å². The molecule has 0 saturated carbocycles. The highest BCUT2D eigenvalue weighted by Crippen LogP contribution is 2.42. The lowest BCUT2D eigenvalue weighted by Gasteiger charge is -2.40. The summed E-state index contributed by atoms with van der Waals surface area (Å²) in [6.45, 7) is 8.75. The van der Waals surface area contributed by atoms with Gasteiger partial charge in [-0.3, -0.25) is 4.79 Å². The minimum absolute atomic E-state index is 0.00456. The number of ketones is 1. The zero-order valence-electron chi connectivity index (χ0n) is 25.4. The molecule has 0 bridgehead atoms.